The van der Waals surface area contributed by atoms with Crippen LogP contribution < -0.4 is 5.32 Å². The zero-order chi connectivity index (χ0) is 38.0. The summed E-state index contributed by atoms with van der Waals surface area (Å²) >= 11 is 0. The quantitative estimate of drug-likeness (QED) is 0.0371. The number of amides is 1. The molecule has 0 heterocycles. The molecule has 5 heteroatoms. The number of carbonyl (C=O) groups is 1. The van der Waals surface area contributed by atoms with Crippen molar-refractivity contribution in [2.75, 3.05) is 6.61 Å². The lowest BCUT2D eigenvalue weighted by Gasteiger charge is -2.21. The lowest BCUT2D eigenvalue weighted by Crippen LogP contribution is -2.48. The number of aliphatic hydroxyl groups is 3. The minimum Gasteiger partial charge on any atom is -0.394 e. The minimum absolute atomic E-state index is 0.359. The van der Waals surface area contributed by atoms with E-state index in [4.69, 9.17) is 0 Å². The van der Waals surface area contributed by atoms with E-state index in [-0.39, 0.29) is 6.61 Å². The molecule has 0 aliphatic heterocycles. The molecule has 5 nitrogen and oxygen atoms in total. The van der Waals surface area contributed by atoms with Gasteiger partial charge in [-0.05, 0) is 19.3 Å². The van der Waals surface area contributed by atoms with Crippen molar-refractivity contribution in [2.24, 2.45) is 0 Å². The number of hydrogen-bond donors (Lipinski definition) is 4. The highest BCUT2D eigenvalue weighted by Gasteiger charge is 2.22. The second kappa shape index (κ2) is 42.8. The van der Waals surface area contributed by atoms with Gasteiger partial charge in [-0.15, -0.1) is 0 Å². The van der Waals surface area contributed by atoms with E-state index in [1.807, 2.05) is 6.08 Å². The minimum atomic E-state index is -1.09. The van der Waals surface area contributed by atoms with Gasteiger partial charge in [-0.25, -0.2) is 0 Å². The van der Waals surface area contributed by atoms with Crippen LogP contribution in [0.15, 0.2) is 12.2 Å². The first-order chi connectivity index (χ1) is 25.6. The summed E-state index contributed by atoms with van der Waals surface area (Å²) in [6.45, 7) is 4.20. The van der Waals surface area contributed by atoms with E-state index in [9.17, 15) is 20.1 Å². The predicted molar refractivity (Wildman–Crippen MR) is 227 cm³/mol. The molecule has 4 N–H and O–H groups in total. The van der Waals surface area contributed by atoms with Gasteiger partial charge in [-0.3, -0.25) is 4.79 Å². The van der Waals surface area contributed by atoms with E-state index in [0.29, 0.717) is 6.42 Å². The zero-order valence-corrected chi connectivity index (χ0v) is 35.2. The Hall–Kier alpha value is -0.910. The van der Waals surface area contributed by atoms with E-state index in [2.05, 4.69) is 19.2 Å². The van der Waals surface area contributed by atoms with E-state index >= 15 is 0 Å². The summed E-state index contributed by atoms with van der Waals surface area (Å²) in [5, 5.41) is 33.2. The highest BCUT2D eigenvalue weighted by Crippen LogP contribution is 2.17. The van der Waals surface area contributed by atoms with E-state index in [1.165, 1.54) is 205 Å². The van der Waals surface area contributed by atoms with Gasteiger partial charge in [0.1, 0.15) is 6.10 Å². The lowest BCUT2D eigenvalue weighted by molar-refractivity contribution is -0.131. The molecule has 0 aromatic rings. The second-order valence-corrected chi connectivity index (χ2v) is 16.3. The third kappa shape index (κ3) is 37.4. The summed E-state index contributed by atoms with van der Waals surface area (Å²) in [6, 6.07) is -0.792. The van der Waals surface area contributed by atoms with Gasteiger partial charge < -0.3 is 20.6 Å². The highest BCUT2D eigenvalue weighted by atomic mass is 16.3. The standard InChI is InChI=1S/C47H93NO4/c1-3-5-7-9-11-13-15-17-19-20-21-22-23-24-25-26-28-30-32-34-36-38-40-42-46(51)47(52)48-44(43-49)45(50)41-39-37-35-33-31-29-27-18-16-14-12-10-8-6-4-2/h39,41,44-46,49-51H,3-38,40,42-43H2,1-2H3,(H,48,52)/b41-39+. The van der Waals surface area contributed by atoms with Crippen molar-refractivity contribution in [1.29, 1.82) is 0 Å². The Morgan fingerprint density at radius 2 is 0.750 bits per heavy atom. The summed E-state index contributed by atoms with van der Waals surface area (Å²) in [6.07, 6.45) is 51.1. The fourth-order valence-corrected chi connectivity index (χ4v) is 7.42. The average molecular weight is 736 g/mol. The monoisotopic (exact) mass is 736 g/mol. The molecule has 0 bridgehead atoms. The maximum absolute atomic E-state index is 12.5. The number of carbonyl (C=O) groups excluding carboxylic acids is 1. The number of allylic oxidation sites excluding steroid dienone is 1. The summed E-state index contributed by atoms with van der Waals surface area (Å²) in [7, 11) is 0. The number of nitrogens with one attached hydrogen (secondary N) is 1. The molecule has 1 amide bonds. The van der Waals surface area contributed by atoms with Gasteiger partial charge in [0.2, 0.25) is 5.91 Å². The van der Waals surface area contributed by atoms with Crippen molar-refractivity contribution < 1.29 is 20.1 Å². The van der Waals surface area contributed by atoms with E-state index < -0.39 is 24.2 Å². The Labute approximate surface area is 325 Å². The number of aliphatic hydroxyl groups excluding tert-OH is 3. The van der Waals surface area contributed by atoms with Gasteiger partial charge in [0.05, 0.1) is 18.8 Å². The Bertz CT molecular complexity index is 728. The van der Waals surface area contributed by atoms with Crippen molar-refractivity contribution in [2.45, 2.75) is 276 Å². The van der Waals surface area contributed by atoms with Crippen LogP contribution in [0.5, 0.6) is 0 Å². The summed E-state index contributed by atoms with van der Waals surface area (Å²) in [5.74, 6) is -0.498. The van der Waals surface area contributed by atoms with Crippen molar-refractivity contribution in [3.63, 3.8) is 0 Å². The first-order valence-electron chi connectivity index (χ1n) is 23.5. The average Bonchev–Trinajstić information content (AvgIpc) is 3.15. The molecule has 52 heavy (non-hydrogen) atoms. The molecule has 0 rings (SSSR count). The molecule has 0 radical (unpaired) electrons. The maximum Gasteiger partial charge on any atom is 0.249 e. The first kappa shape index (κ1) is 51.1. The van der Waals surface area contributed by atoms with Crippen LogP contribution in [0.25, 0.3) is 0 Å². The third-order valence-corrected chi connectivity index (χ3v) is 11.1. The van der Waals surface area contributed by atoms with Crippen LogP contribution in [0.1, 0.15) is 258 Å². The molecule has 0 spiro atoms. The Morgan fingerprint density at radius 1 is 0.462 bits per heavy atom. The molecule has 3 unspecified atom stereocenters. The van der Waals surface area contributed by atoms with Crippen molar-refractivity contribution in [3.05, 3.63) is 12.2 Å². The fraction of sp³-hybridized carbons (Fsp3) is 0.936. The predicted octanol–water partition coefficient (Wildman–Crippen LogP) is 13.6. The molecular formula is C47H93NO4. The van der Waals surface area contributed by atoms with Crippen molar-refractivity contribution >= 4 is 5.91 Å². The van der Waals surface area contributed by atoms with Gasteiger partial charge in [0.25, 0.3) is 0 Å². The smallest absolute Gasteiger partial charge is 0.249 e. The summed E-state index contributed by atoms with van der Waals surface area (Å²) in [5.41, 5.74) is 0. The molecule has 0 aliphatic carbocycles. The normalized spacial score (nSPS) is 13.6. The summed E-state index contributed by atoms with van der Waals surface area (Å²) in [4.78, 5) is 12.5. The molecular weight excluding hydrogens is 643 g/mol. The largest absolute Gasteiger partial charge is 0.394 e. The molecule has 0 aromatic heterocycles. The zero-order valence-electron chi connectivity index (χ0n) is 35.2. The Kier molecular flexibility index (Phi) is 42.1. The SMILES string of the molecule is CCCCCCCCCCCCCCC/C=C/C(O)C(CO)NC(=O)C(O)CCCCCCCCCCCCCCCCCCCCCCCCC. The van der Waals surface area contributed by atoms with Crippen molar-refractivity contribution in [3.8, 4) is 0 Å². The van der Waals surface area contributed by atoms with Crippen LogP contribution in [-0.2, 0) is 4.79 Å². The Balaban J connectivity index is 3.58. The fourth-order valence-electron chi connectivity index (χ4n) is 7.42. The number of unbranched alkanes of at least 4 members (excludes halogenated alkanes) is 35. The van der Waals surface area contributed by atoms with E-state index in [0.717, 1.165) is 32.1 Å². The Morgan fingerprint density at radius 3 is 1.06 bits per heavy atom. The first-order valence-corrected chi connectivity index (χ1v) is 23.5. The van der Waals surface area contributed by atoms with Crippen LogP contribution in [0.4, 0.5) is 0 Å². The number of rotatable bonds is 43. The molecule has 0 saturated carbocycles. The van der Waals surface area contributed by atoms with Crippen LogP contribution in [0.2, 0.25) is 0 Å². The molecule has 0 saturated heterocycles. The molecule has 310 valence electrons. The van der Waals surface area contributed by atoms with Gasteiger partial charge >= 0.3 is 0 Å². The number of hydrogen-bond acceptors (Lipinski definition) is 4. The summed E-state index contributed by atoms with van der Waals surface area (Å²) < 4.78 is 0. The van der Waals surface area contributed by atoms with Crippen LogP contribution in [-0.4, -0.2) is 46.1 Å². The van der Waals surface area contributed by atoms with Crippen LogP contribution in [0.3, 0.4) is 0 Å². The van der Waals surface area contributed by atoms with Crippen LogP contribution >= 0.6 is 0 Å². The molecule has 0 aromatic carbocycles. The topological polar surface area (TPSA) is 89.8 Å². The maximum atomic E-state index is 12.5. The van der Waals surface area contributed by atoms with Gasteiger partial charge in [-0.1, -0.05) is 251 Å². The van der Waals surface area contributed by atoms with Crippen LogP contribution in [0, 0.1) is 0 Å². The molecule has 3 atom stereocenters. The van der Waals surface area contributed by atoms with Gasteiger partial charge in [0.15, 0.2) is 0 Å². The third-order valence-electron chi connectivity index (χ3n) is 11.1. The van der Waals surface area contributed by atoms with Crippen molar-refractivity contribution in [1.82, 2.24) is 5.32 Å². The van der Waals surface area contributed by atoms with Gasteiger partial charge in [0, 0.05) is 0 Å². The lowest BCUT2D eigenvalue weighted by atomic mass is 10.0. The van der Waals surface area contributed by atoms with E-state index in [1.54, 1.807) is 6.08 Å². The molecule has 0 aliphatic rings. The van der Waals surface area contributed by atoms with Gasteiger partial charge in [-0.2, -0.15) is 0 Å². The second-order valence-electron chi connectivity index (χ2n) is 16.3. The highest BCUT2D eigenvalue weighted by molar-refractivity contribution is 5.80. The molecule has 0 fully saturated rings.